The Morgan fingerprint density at radius 2 is 1.97 bits per heavy atom. The second kappa shape index (κ2) is 11.3. The van der Waals surface area contributed by atoms with Crippen molar-refractivity contribution in [1.29, 1.82) is 0 Å². The van der Waals surface area contributed by atoms with E-state index in [9.17, 15) is 9.59 Å². The highest BCUT2D eigenvalue weighted by Crippen LogP contribution is 2.31. The van der Waals surface area contributed by atoms with E-state index in [-0.39, 0.29) is 17.5 Å². The Kier molecular flexibility index (Phi) is 8.39. The summed E-state index contributed by atoms with van der Waals surface area (Å²) in [6, 6.07) is 2.23. The van der Waals surface area contributed by atoms with Crippen LogP contribution in [0.25, 0.3) is 0 Å². The van der Waals surface area contributed by atoms with E-state index in [4.69, 9.17) is 9.47 Å². The van der Waals surface area contributed by atoms with Gasteiger partial charge in [0.25, 0.3) is 5.91 Å². The van der Waals surface area contributed by atoms with E-state index in [0.717, 1.165) is 50.3 Å². The fraction of sp³-hybridized carbons (Fsp3) is 0.640. The first-order valence-electron chi connectivity index (χ1n) is 12.1. The molecular weight excluding hydrogens is 470 g/mol. The van der Waals surface area contributed by atoms with Crippen LogP contribution in [-0.4, -0.2) is 78.2 Å². The van der Waals surface area contributed by atoms with Gasteiger partial charge in [0.15, 0.2) is 0 Å². The second-order valence-electron chi connectivity index (χ2n) is 9.59. The minimum atomic E-state index is -0.229. The quantitative estimate of drug-likeness (QED) is 0.506. The number of rotatable bonds is 8. The van der Waals surface area contributed by atoms with E-state index in [1.807, 2.05) is 10.3 Å². The van der Waals surface area contributed by atoms with Crippen molar-refractivity contribution in [3.8, 4) is 0 Å². The van der Waals surface area contributed by atoms with Crippen LogP contribution < -0.4 is 0 Å². The summed E-state index contributed by atoms with van der Waals surface area (Å²) >= 11 is 3.31. The molecule has 0 aromatic carbocycles. The molecule has 0 bridgehead atoms. The van der Waals surface area contributed by atoms with Crippen molar-refractivity contribution in [3.05, 3.63) is 38.0 Å². The van der Waals surface area contributed by atoms with E-state index >= 15 is 0 Å². The summed E-state index contributed by atoms with van der Waals surface area (Å²) in [5.74, 6) is 0.154. The summed E-state index contributed by atoms with van der Waals surface area (Å²) in [6.45, 7) is 11.0. The number of ether oxygens (including phenoxy) is 2. The number of morpholine rings is 1. The number of hydrogen-bond acceptors (Lipinski definition) is 8. The van der Waals surface area contributed by atoms with Crippen molar-refractivity contribution < 1.29 is 19.1 Å². The lowest BCUT2D eigenvalue weighted by Gasteiger charge is -2.47. The topological polar surface area (TPSA) is 72.0 Å². The van der Waals surface area contributed by atoms with Gasteiger partial charge in [-0.1, -0.05) is 13.8 Å². The van der Waals surface area contributed by atoms with Crippen LogP contribution >= 0.6 is 22.7 Å². The second-order valence-corrected chi connectivity index (χ2v) is 11.5. The third-order valence-corrected chi connectivity index (χ3v) is 8.81. The number of piperidine rings is 1. The van der Waals surface area contributed by atoms with Gasteiger partial charge in [0.2, 0.25) is 0 Å². The van der Waals surface area contributed by atoms with Gasteiger partial charge in [-0.05, 0) is 36.3 Å². The number of hydrogen-bond donors (Lipinski definition) is 0. The summed E-state index contributed by atoms with van der Waals surface area (Å²) in [5, 5.41) is 5.13. The maximum atomic E-state index is 13.1. The van der Waals surface area contributed by atoms with Gasteiger partial charge in [-0.25, -0.2) is 4.98 Å². The Hall–Kier alpha value is -1.81. The van der Waals surface area contributed by atoms with Gasteiger partial charge in [0.05, 0.1) is 30.4 Å². The van der Waals surface area contributed by atoms with Crippen LogP contribution in [0, 0.1) is 0 Å². The highest BCUT2D eigenvalue weighted by Gasteiger charge is 2.41. The van der Waals surface area contributed by atoms with Crippen LogP contribution in [0.1, 0.15) is 65.5 Å². The van der Waals surface area contributed by atoms with Crippen molar-refractivity contribution in [2.24, 2.45) is 0 Å². The molecule has 9 heteroatoms. The number of aromatic nitrogens is 1. The van der Waals surface area contributed by atoms with Crippen molar-refractivity contribution in [3.63, 3.8) is 0 Å². The van der Waals surface area contributed by atoms with Crippen molar-refractivity contribution in [2.45, 2.75) is 58.0 Å². The lowest BCUT2D eigenvalue weighted by molar-refractivity contribution is -0.140. The maximum absolute atomic E-state index is 13.1. The van der Waals surface area contributed by atoms with Crippen LogP contribution in [0.4, 0.5) is 0 Å². The largest absolute Gasteiger partial charge is 0.465 e. The number of carbonyl (C=O) groups is 2. The van der Waals surface area contributed by atoms with Gasteiger partial charge >= 0.3 is 5.97 Å². The SMILES string of the molecule is CC(=O)OCCc1cc(CCN2CCC3(CC2)CN(C(=O)c2csc(C(C)C)n2)CCO3)cs1. The van der Waals surface area contributed by atoms with Crippen LogP contribution in [-0.2, 0) is 27.1 Å². The van der Waals surface area contributed by atoms with Gasteiger partial charge in [0.1, 0.15) is 5.69 Å². The molecule has 1 spiro atoms. The molecule has 0 N–H and O–H groups in total. The van der Waals surface area contributed by atoms with Crippen molar-refractivity contribution >= 4 is 34.6 Å². The molecule has 7 nitrogen and oxygen atoms in total. The van der Waals surface area contributed by atoms with Gasteiger partial charge in [-0.2, -0.15) is 0 Å². The third kappa shape index (κ3) is 6.44. The summed E-state index contributed by atoms with van der Waals surface area (Å²) in [5.41, 5.74) is 1.69. The van der Waals surface area contributed by atoms with E-state index in [1.54, 1.807) is 22.7 Å². The zero-order chi connectivity index (χ0) is 24.1. The molecule has 0 saturated carbocycles. The summed E-state index contributed by atoms with van der Waals surface area (Å²) in [6.07, 6.45) is 3.69. The molecule has 0 aliphatic carbocycles. The molecular formula is C25H35N3O4S2. The zero-order valence-electron chi connectivity index (χ0n) is 20.4. The molecule has 186 valence electrons. The Labute approximate surface area is 210 Å². The van der Waals surface area contributed by atoms with E-state index in [1.165, 1.54) is 17.4 Å². The van der Waals surface area contributed by atoms with Crippen LogP contribution in [0.5, 0.6) is 0 Å². The van der Waals surface area contributed by atoms with Crippen LogP contribution in [0.15, 0.2) is 16.8 Å². The highest BCUT2D eigenvalue weighted by molar-refractivity contribution is 7.10. The molecule has 0 unspecified atom stereocenters. The lowest BCUT2D eigenvalue weighted by atomic mass is 9.89. The molecule has 2 aliphatic rings. The first-order chi connectivity index (χ1) is 16.3. The van der Waals surface area contributed by atoms with Gasteiger partial charge in [0, 0.05) is 55.7 Å². The molecule has 0 atom stereocenters. The first-order valence-corrected chi connectivity index (χ1v) is 13.9. The van der Waals surface area contributed by atoms with Gasteiger partial charge < -0.3 is 19.3 Å². The normalized spacial score (nSPS) is 18.5. The molecule has 2 aliphatic heterocycles. The van der Waals surface area contributed by atoms with Gasteiger partial charge in [-0.15, -0.1) is 22.7 Å². The molecule has 0 radical (unpaired) electrons. The molecule has 2 aromatic rings. The monoisotopic (exact) mass is 505 g/mol. The molecule has 34 heavy (non-hydrogen) atoms. The van der Waals surface area contributed by atoms with Crippen molar-refractivity contribution in [1.82, 2.24) is 14.8 Å². The summed E-state index contributed by atoms with van der Waals surface area (Å²) < 4.78 is 11.3. The molecule has 4 rings (SSSR count). The van der Waals surface area contributed by atoms with E-state index < -0.39 is 0 Å². The Bertz CT molecular complexity index is 978. The Balaban J connectivity index is 1.23. The Morgan fingerprint density at radius 1 is 1.18 bits per heavy atom. The fourth-order valence-electron chi connectivity index (χ4n) is 4.59. The molecule has 2 aromatic heterocycles. The minimum absolute atomic E-state index is 0.0372. The fourth-order valence-corrected chi connectivity index (χ4v) is 6.31. The predicted molar refractivity (Wildman–Crippen MR) is 135 cm³/mol. The standard InChI is InChI=1S/C25H35N3O4S2/c1-18(2)23-26-22(16-34-23)24(30)28-11-13-32-25(17-28)6-9-27(10-7-25)8-4-20-14-21(33-15-20)5-12-31-19(3)29/h14-16,18H,4-13,17H2,1-3H3. The van der Waals surface area contributed by atoms with Gasteiger partial charge in [-0.3, -0.25) is 9.59 Å². The smallest absolute Gasteiger partial charge is 0.302 e. The number of likely N-dealkylation sites (tertiary alicyclic amines) is 1. The van der Waals surface area contributed by atoms with E-state index in [2.05, 4.69) is 35.2 Å². The summed E-state index contributed by atoms with van der Waals surface area (Å²) in [7, 11) is 0. The Morgan fingerprint density at radius 3 is 2.68 bits per heavy atom. The average Bonchev–Trinajstić information content (AvgIpc) is 3.48. The highest BCUT2D eigenvalue weighted by atomic mass is 32.1. The number of amides is 1. The lowest BCUT2D eigenvalue weighted by Crippen LogP contribution is -2.58. The molecule has 2 saturated heterocycles. The van der Waals surface area contributed by atoms with Crippen LogP contribution in [0.2, 0.25) is 0 Å². The first kappa shape index (κ1) is 25.3. The molecule has 2 fully saturated rings. The van der Waals surface area contributed by atoms with Crippen molar-refractivity contribution in [2.75, 3.05) is 45.9 Å². The number of nitrogens with zero attached hydrogens (tertiary/aromatic N) is 3. The zero-order valence-corrected chi connectivity index (χ0v) is 22.0. The molecule has 1 amide bonds. The third-order valence-electron chi connectivity index (χ3n) is 6.62. The van der Waals surface area contributed by atoms with Crippen LogP contribution in [0.3, 0.4) is 0 Å². The summed E-state index contributed by atoms with van der Waals surface area (Å²) in [4.78, 5) is 34.3. The van der Waals surface area contributed by atoms with E-state index in [0.29, 0.717) is 37.9 Å². The molecule has 4 heterocycles. The number of carbonyl (C=O) groups excluding carboxylic acids is 2. The minimum Gasteiger partial charge on any atom is -0.465 e. The average molecular weight is 506 g/mol. The number of thiophene rings is 1. The number of esters is 1. The number of thiazole rings is 1. The predicted octanol–water partition coefficient (Wildman–Crippen LogP) is 3.98. The maximum Gasteiger partial charge on any atom is 0.302 e.